The van der Waals surface area contributed by atoms with E-state index in [0.717, 1.165) is 7.11 Å². The molecular formula is C11H23NO15P2. The maximum absolute atomic E-state index is 10.5. The topological polar surface area (TPSA) is 285 Å². The number of hydrogen-bond acceptors (Lipinski definition) is 9. The highest BCUT2D eigenvalue weighted by Gasteiger charge is 2.22. The average molecular weight is 471 g/mol. The first kappa shape index (κ1) is 34.5. The molecule has 0 radical (unpaired) electrons. The highest BCUT2D eigenvalue weighted by atomic mass is 31.2. The molecule has 0 aliphatic heterocycles. The number of carboxylic acids is 3. The molecule has 0 aromatic heterocycles. The van der Waals surface area contributed by atoms with Gasteiger partial charge in [0, 0.05) is 13.5 Å². The lowest BCUT2D eigenvalue weighted by Crippen LogP contribution is -2.35. The van der Waals surface area contributed by atoms with Crippen LogP contribution in [0.5, 0.6) is 0 Å². The maximum Gasteiger partial charge on any atom is 0.373 e. The highest BCUT2D eigenvalue weighted by Crippen LogP contribution is 2.35. The second-order valence-electron chi connectivity index (χ2n) is 4.55. The molecule has 16 nitrogen and oxygen atoms in total. The summed E-state index contributed by atoms with van der Waals surface area (Å²) in [6.45, 7) is -1.45. The lowest BCUT2D eigenvalue weighted by molar-refractivity contribution is -0.191. The second kappa shape index (κ2) is 19.3. The van der Waals surface area contributed by atoms with Crippen LogP contribution in [0.15, 0.2) is 0 Å². The molecule has 0 heterocycles. The van der Waals surface area contributed by atoms with E-state index in [4.69, 9.17) is 49.6 Å². The molecule has 0 aliphatic carbocycles. The molecule has 0 unspecified atom stereocenters. The lowest BCUT2D eigenvalue weighted by Gasteiger charge is -2.17. The quantitative estimate of drug-likeness (QED) is 0.155. The van der Waals surface area contributed by atoms with Crippen LogP contribution in [-0.2, 0) is 33.1 Å². The molecule has 0 saturated heterocycles. The summed E-state index contributed by atoms with van der Waals surface area (Å²) in [6.07, 6.45) is -1.14. The first-order valence-electron chi connectivity index (χ1n) is 6.95. The monoisotopic (exact) mass is 471 g/mol. The SMILES string of the molecule is CO.O=C(O)CCCP(=O)(O)O.O=C(O)CN(CC(=O)O)CP(=O)(O)O.O=C=O. The Morgan fingerprint density at radius 3 is 1.34 bits per heavy atom. The van der Waals surface area contributed by atoms with Gasteiger partial charge in [0.05, 0.1) is 19.3 Å². The normalized spacial score (nSPS) is 10.0. The van der Waals surface area contributed by atoms with Crippen molar-refractivity contribution in [1.29, 1.82) is 0 Å². The van der Waals surface area contributed by atoms with Crippen LogP contribution in [0.1, 0.15) is 12.8 Å². The van der Waals surface area contributed by atoms with Gasteiger partial charge in [-0.05, 0) is 6.42 Å². The largest absolute Gasteiger partial charge is 0.481 e. The van der Waals surface area contributed by atoms with E-state index in [1.807, 2.05) is 0 Å². The van der Waals surface area contributed by atoms with E-state index < -0.39 is 52.5 Å². The molecule has 0 atom stereocenters. The third-order valence-corrected chi connectivity index (χ3v) is 3.61. The summed E-state index contributed by atoms with van der Waals surface area (Å²) in [7, 11) is -7.42. The van der Waals surface area contributed by atoms with Crippen molar-refractivity contribution in [2.45, 2.75) is 12.8 Å². The van der Waals surface area contributed by atoms with E-state index in [1.54, 1.807) is 0 Å². The van der Waals surface area contributed by atoms with Crippen LogP contribution in [0, 0.1) is 0 Å². The second-order valence-corrected chi connectivity index (χ2v) is 7.94. The molecule has 29 heavy (non-hydrogen) atoms. The van der Waals surface area contributed by atoms with Gasteiger partial charge in [-0.3, -0.25) is 28.4 Å². The predicted octanol–water partition coefficient (Wildman–Crippen LogP) is -2.35. The summed E-state index contributed by atoms with van der Waals surface area (Å²) in [5.74, 6) is -3.73. The molecule has 172 valence electrons. The summed E-state index contributed by atoms with van der Waals surface area (Å²) >= 11 is 0. The number of carbonyl (C=O) groups excluding carboxylic acids is 2. The number of aliphatic hydroxyl groups excluding tert-OH is 1. The van der Waals surface area contributed by atoms with Gasteiger partial charge in [0.2, 0.25) is 0 Å². The van der Waals surface area contributed by atoms with E-state index in [2.05, 4.69) is 0 Å². The fourth-order valence-corrected chi connectivity index (χ4v) is 2.53. The van der Waals surface area contributed by atoms with Gasteiger partial charge < -0.3 is 40.0 Å². The van der Waals surface area contributed by atoms with Crippen molar-refractivity contribution in [2.75, 3.05) is 32.6 Å². The number of aliphatic carboxylic acids is 3. The van der Waals surface area contributed by atoms with Crippen molar-refractivity contribution < 1.29 is 73.1 Å². The summed E-state index contributed by atoms with van der Waals surface area (Å²) in [5.41, 5.74) is 0. The number of nitrogens with zero attached hydrogens (tertiary/aromatic N) is 1. The minimum absolute atomic E-state index is 0.0274. The van der Waals surface area contributed by atoms with Crippen molar-refractivity contribution >= 4 is 39.3 Å². The number of aliphatic hydroxyl groups is 1. The van der Waals surface area contributed by atoms with Crippen LogP contribution < -0.4 is 0 Å². The van der Waals surface area contributed by atoms with E-state index in [-0.39, 0.29) is 25.2 Å². The summed E-state index contributed by atoms with van der Waals surface area (Å²) in [6, 6.07) is 0. The third kappa shape index (κ3) is 46.2. The van der Waals surface area contributed by atoms with Crippen LogP contribution in [0.2, 0.25) is 0 Å². The van der Waals surface area contributed by atoms with Gasteiger partial charge in [0.1, 0.15) is 6.29 Å². The van der Waals surface area contributed by atoms with Crippen LogP contribution in [0.3, 0.4) is 0 Å². The third-order valence-electron chi connectivity index (χ3n) is 1.94. The van der Waals surface area contributed by atoms with Gasteiger partial charge in [0.25, 0.3) is 0 Å². The van der Waals surface area contributed by atoms with Crippen molar-refractivity contribution in [1.82, 2.24) is 4.90 Å². The van der Waals surface area contributed by atoms with Gasteiger partial charge in [-0.15, -0.1) is 0 Å². The number of carbonyl (C=O) groups is 3. The fourth-order valence-electron chi connectivity index (χ4n) is 1.24. The zero-order valence-corrected chi connectivity index (χ0v) is 16.8. The minimum atomic E-state index is -4.44. The highest BCUT2D eigenvalue weighted by molar-refractivity contribution is 7.51. The molecule has 0 saturated carbocycles. The first-order chi connectivity index (χ1) is 13.0. The molecular weight excluding hydrogens is 448 g/mol. The van der Waals surface area contributed by atoms with E-state index in [0.29, 0.717) is 4.90 Å². The Morgan fingerprint density at radius 1 is 0.793 bits per heavy atom. The molecule has 0 spiro atoms. The van der Waals surface area contributed by atoms with Gasteiger partial charge in [-0.25, -0.2) is 0 Å². The smallest absolute Gasteiger partial charge is 0.373 e. The van der Waals surface area contributed by atoms with E-state index >= 15 is 0 Å². The predicted molar refractivity (Wildman–Crippen MR) is 90.7 cm³/mol. The molecule has 0 aliphatic rings. The molecule has 8 N–H and O–H groups in total. The van der Waals surface area contributed by atoms with E-state index in [1.165, 1.54) is 0 Å². The Kier molecular flexibility index (Phi) is 23.0. The van der Waals surface area contributed by atoms with Crippen LogP contribution >= 0.6 is 15.2 Å². The molecule has 0 rings (SSSR count). The summed E-state index contributed by atoms with van der Waals surface area (Å²) in [5, 5.41) is 31.7. The van der Waals surface area contributed by atoms with Crippen molar-refractivity contribution in [2.24, 2.45) is 0 Å². The molecule has 0 bridgehead atoms. The zero-order chi connectivity index (χ0) is 24.3. The Bertz CT molecular complexity index is 587. The van der Waals surface area contributed by atoms with E-state index in [9.17, 15) is 23.5 Å². The van der Waals surface area contributed by atoms with Crippen LogP contribution in [0.4, 0.5) is 0 Å². The number of rotatable bonds is 10. The Hall–Kier alpha value is -1.99. The van der Waals surface area contributed by atoms with Gasteiger partial charge >= 0.3 is 39.3 Å². The van der Waals surface area contributed by atoms with Crippen molar-refractivity contribution in [3.63, 3.8) is 0 Å². The molecule has 0 fully saturated rings. The van der Waals surface area contributed by atoms with Crippen LogP contribution in [0.25, 0.3) is 0 Å². The Labute approximate surface area is 163 Å². The molecule has 18 heteroatoms. The maximum atomic E-state index is 10.5. The summed E-state index contributed by atoms with van der Waals surface area (Å²) in [4.78, 5) is 80.6. The first-order valence-corrected chi connectivity index (χ1v) is 10.5. The lowest BCUT2D eigenvalue weighted by atomic mass is 10.3. The van der Waals surface area contributed by atoms with Gasteiger partial charge in [-0.2, -0.15) is 9.59 Å². The Morgan fingerprint density at radius 2 is 1.14 bits per heavy atom. The average Bonchev–Trinajstić information content (AvgIpc) is 2.45. The standard InChI is InChI=1S/C5H10NO7P.C4H9O5P.CO2.CH4O/c7-4(8)1-6(2-5(9)10)3-14(11,12)13;5-4(6)2-1-3-10(7,8)9;2-1-3;1-2/h1-3H2,(H,7,8)(H,9,10)(H2,11,12,13);1-3H2,(H,5,6)(H2,7,8,9);;2H,1H3. The minimum Gasteiger partial charge on any atom is -0.481 e. The molecule has 0 amide bonds. The fraction of sp³-hybridized carbons (Fsp3) is 0.636. The number of carboxylic acid groups (broad SMARTS) is 3. The van der Waals surface area contributed by atoms with Crippen molar-refractivity contribution in [3.05, 3.63) is 0 Å². The number of hydrogen-bond donors (Lipinski definition) is 8. The van der Waals surface area contributed by atoms with Crippen molar-refractivity contribution in [3.8, 4) is 0 Å². The zero-order valence-electron chi connectivity index (χ0n) is 15.0. The Balaban J connectivity index is -0.000000182. The van der Waals surface area contributed by atoms with Gasteiger partial charge in [-0.1, -0.05) is 0 Å². The molecule has 0 aromatic rings. The van der Waals surface area contributed by atoms with Gasteiger partial charge in [0.15, 0.2) is 0 Å². The summed E-state index contributed by atoms with van der Waals surface area (Å²) < 4.78 is 20.6. The molecule has 0 aromatic carbocycles. The van der Waals surface area contributed by atoms with Crippen LogP contribution in [-0.4, -0.2) is 102 Å².